The first-order valence-corrected chi connectivity index (χ1v) is 6.67. The summed E-state index contributed by atoms with van der Waals surface area (Å²) in [6.45, 7) is 4.61. The molecule has 2 saturated carbocycles. The zero-order valence-corrected chi connectivity index (χ0v) is 11.2. The lowest BCUT2D eigenvalue weighted by molar-refractivity contribution is -0.178. The van der Waals surface area contributed by atoms with Gasteiger partial charge in [0, 0.05) is 17.9 Å². The third kappa shape index (κ3) is 1.74. The predicted molar refractivity (Wildman–Crippen MR) is 65.2 cm³/mol. The summed E-state index contributed by atoms with van der Waals surface area (Å²) < 4.78 is 15.5. The third-order valence-electron chi connectivity index (χ3n) is 4.71. The molecule has 0 aromatic carbocycles. The zero-order chi connectivity index (χ0) is 14.5. The Hall–Kier alpha value is -1.85. The summed E-state index contributed by atoms with van der Waals surface area (Å²) in [5, 5.41) is 0. The maximum absolute atomic E-state index is 11.7. The highest BCUT2D eigenvalue weighted by Crippen LogP contribution is 2.61. The van der Waals surface area contributed by atoms with E-state index < -0.39 is 30.3 Å². The molecule has 0 radical (unpaired) electrons. The van der Waals surface area contributed by atoms with Crippen molar-refractivity contribution in [3.63, 3.8) is 0 Å². The van der Waals surface area contributed by atoms with Gasteiger partial charge in [0.2, 0.25) is 0 Å². The molecule has 0 aromatic rings. The fraction of sp³-hybridized carbons (Fsp3) is 0.643. The molecular weight excluding hydrogens is 264 g/mol. The fourth-order valence-electron chi connectivity index (χ4n) is 3.90. The first-order chi connectivity index (χ1) is 9.45. The van der Waals surface area contributed by atoms with Crippen LogP contribution in [-0.2, 0) is 28.6 Å². The summed E-state index contributed by atoms with van der Waals surface area (Å²) in [6.07, 6.45) is 2.10. The Morgan fingerprint density at radius 3 is 2.95 bits per heavy atom. The predicted octanol–water partition coefficient (Wildman–Crippen LogP) is 0.599. The van der Waals surface area contributed by atoms with Crippen LogP contribution >= 0.6 is 0 Å². The second-order valence-corrected chi connectivity index (χ2v) is 5.77. The van der Waals surface area contributed by atoms with Gasteiger partial charge in [0.25, 0.3) is 0 Å². The molecule has 5 atom stereocenters. The highest BCUT2D eigenvalue weighted by Gasteiger charge is 2.70. The van der Waals surface area contributed by atoms with E-state index in [9.17, 15) is 14.4 Å². The van der Waals surface area contributed by atoms with Gasteiger partial charge in [-0.1, -0.05) is 6.58 Å². The van der Waals surface area contributed by atoms with Gasteiger partial charge in [-0.15, -0.1) is 0 Å². The number of fused-ring (bicyclic) bond motifs is 1. The lowest BCUT2D eigenvalue weighted by Gasteiger charge is -2.34. The van der Waals surface area contributed by atoms with Gasteiger partial charge in [-0.2, -0.15) is 0 Å². The van der Waals surface area contributed by atoms with Crippen LogP contribution in [0.1, 0.15) is 19.8 Å². The molecule has 3 aliphatic rings. The van der Waals surface area contributed by atoms with Gasteiger partial charge in [-0.3, -0.25) is 4.79 Å². The lowest BCUT2D eigenvalue weighted by atomic mass is 9.79. The van der Waals surface area contributed by atoms with Crippen molar-refractivity contribution in [1.82, 2.24) is 0 Å². The van der Waals surface area contributed by atoms with Crippen molar-refractivity contribution in [2.24, 2.45) is 17.8 Å². The second-order valence-electron chi connectivity index (χ2n) is 5.77. The summed E-state index contributed by atoms with van der Waals surface area (Å²) in [4.78, 5) is 34.4. The van der Waals surface area contributed by atoms with Crippen LogP contribution < -0.4 is 0 Å². The van der Waals surface area contributed by atoms with Gasteiger partial charge in [0.15, 0.2) is 6.61 Å². The van der Waals surface area contributed by atoms with Crippen molar-refractivity contribution in [1.29, 1.82) is 0 Å². The van der Waals surface area contributed by atoms with Gasteiger partial charge in [-0.25, -0.2) is 9.59 Å². The highest BCUT2D eigenvalue weighted by atomic mass is 16.6. The Balaban J connectivity index is 1.64. The van der Waals surface area contributed by atoms with Crippen LogP contribution in [-0.4, -0.2) is 36.2 Å². The summed E-state index contributed by atoms with van der Waals surface area (Å²) in [6, 6.07) is 0. The minimum Gasteiger partial charge on any atom is -0.455 e. The fourth-order valence-corrected chi connectivity index (χ4v) is 3.90. The summed E-state index contributed by atoms with van der Waals surface area (Å²) in [5.41, 5.74) is -0.719. The van der Waals surface area contributed by atoms with Gasteiger partial charge >= 0.3 is 17.9 Å². The Bertz CT molecular complexity index is 498. The van der Waals surface area contributed by atoms with Crippen LogP contribution in [0.15, 0.2) is 12.7 Å². The monoisotopic (exact) mass is 280 g/mol. The molecule has 4 unspecified atom stereocenters. The molecule has 0 aromatic heterocycles. The normalized spacial score (nSPS) is 40.4. The number of carbonyl (C=O) groups excluding carboxylic acids is 3. The van der Waals surface area contributed by atoms with E-state index in [2.05, 4.69) is 11.3 Å². The standard InChI is InChI=1S/C14H16O6/c1-3-10(15)18-6-11(16)19-12-7-4-8-9(5-7)14(12,2)20-13(8)17/h3,7-9,12H,1,4-6H2,2H3/t7?,8?,9?,12?,14-/m1/s1. The number of esters is 3. The minimum atomic E-state index is -0.719. The molecule has 2 aliphatic carbocycles. The molecule has 0 spiro atoms. The van der Waals surface area contributed by atoms with Crippen LogP contribution in [0.5, 0.6) is 0 Å². The molecule has 6 heteroatoms. The van der Waals surface area contributed by atoms with E-state index in [0.29, 0.717) is 6.42 Å². The molecule has 20 heavy (non-hydrogen) atoms. The second kappa shape index (κ2) is 4.33. The van der Waals surface area contributed by atoms with E-state index in [1.165, 1.54) is 0 Å². The van der Waals surface area contributed by atoms with Gasteiger partial charge in [-0.05, 0) is 19.8 Å². The Morgan fingerprint density at radius 1 is 1.50 bits per heavy atom. The first kappa shape index (κ1) is 13.1. The number of ether oxygens (including phenoxy) is 3. The first-order valence-electron chi connectivity index (χ1n) is 6.67. The van der Waals surface area contributed by atoms with Crippen molar-refractivity contribution in [3.05, 3.63) is 12.7 Å². The average molecular weight is 280 g/mol. The summed E-state index contributed by atoms with van der Waals surface area (Å²) in [7, 11) is 0. The van der Waals surface area contributed by atoms with Gasteiger partial charge in [0.05, 0.1) is 5.92 Å². The SMILES string of the molecule is C=CC(=O)OCC(=O)OC1C2CC3C(=O)O[C@]1(C)C3C2. The molecule has 1 aliphatic heterocycles. The van der Waals surface area contributed by atoms with E-state index >= 15 is 0 Å². The van der Waals surface area contributed by atoms with Gasteiger partial charge < -0.3 is 14.2 Å². The van der Waals surface area contributed by atoms with Crippen molar-refractivity contribution in [2.75, 3.05) is 6.61 Å². The topological polar surface area (TPSA) is 78.9 Å². The Kier molecular flexibility index (Phi) is 2.84. The molecule has 3 rings (SSSR count). The molecule has 2 bridgehead atoms. The quantitative estimate of drug-likeness (QED) is 0.426. The number of carbonyl (C=O) groups is 3. The van der Waals surface area contributed by atoms with E-state index in [4.69, 9.17) is 9.47 Å². The van der Waals surface area contributed by atoms with E-state index in [1.54, 1.807) is 0 Å². The lowest BCUT2D eigenvalue weighted by Crippen LogP contribution is -2.46. The van der Waals surface area contributed by atoms with Crippen LogP contribution in [0.25, 0.3) is 0 Å². The third-order valence-corrected chi connectivity index (χ3v) is 4.71. The largest absolute Gasteiger partial charge is 0.455 e. The Morgan fingerprint density at radius 2 is 2.25 bits per heavy atom. The molecule has 6 nitrogen and oxygen atoms in total. The van der Waals surface area contributed by atoms with Crippen LogP contribution in [0.2, 0.25) is 0 Å². The summed E-state index contributed by atoms with van der Waals surface area (Å²) >= 11 is 0. The molecule has 108 valence electrons. The van der Waals surface area contributed by atoms with Crippen LogP contribution in [0, 0.1) is 17.8 Å². The van der Waals surface area contributed by atoms with E-state index in [1.807, 2.05) is 6.92 Å². The maximum Gasteiger partial charge on any atom is 0.344 e. The molecule has 1 heterocycles. The van der Waals surface area contributed by atoms with Crippen molar-refractivity contribution in [2.45, 2.75) is 31.5 Å². The van der Waals surface area contributed by atoms with Crippen LogP contribution in [0.3, 0.4) is 0 Å². The minimum absolute atomic E-state index is 0.0430. The smallest absolute Gasteiger partial charge is 0.344 e. The van der Waals surface area contributed by atoms with Gasteiger partial charge in [0.1, 0.15) is 11.7 Å². The van der Waals surface area contributed by atoms with Crippen molar-refractivity contribution in [3.8, 4) is 0 Å². The Labute approximate surface area is 116 Å². The van der Waals surface area contributed by atoms with E-state index in [0.717, 1.165) is 12.5 Å². The van der Waals surface area contributed by atoms with Crippen molar-refractivity contribution >= 4 is 17.9 Å². The number of rotatable bonds is 4. The number of hydrogen-bond donors (Lipinski definition) is 0. The van der Waals surface area contributed by atoms with Crippen molar-refractivity contribution < 1.29 is 28.6 Å². The molecule has 1 saturated heterocycles. The molecular formula is C14H16O6. The highest BCUT2D eigenvalue weighted by molar-refractivity contribution is 5.84. The number of hydrogen-bond acceptors (Lipinski definition) is 6. The molecule has 0 N–H and O–H groups in total. The zero-order valence-electron chi connectivity index (χ0n) is 11.2. The molecule has 0 amide bonds. The molecule has 3 fully saturated rings. The maximum atomic E-state index is 11.7. The van der Waals surface area contributed by atoms with Crippen LogP contribution in [0.4, 0.5) is 0 Å². The van der Waals surface area contributed by atoms with E-state index in [-0.39, 0.29) is 23.7 Å². The summed E-state index contributed by atoms with van der Waals surface area (Å²) in [5.74, 6) is -1.24. The average Bonchev–Trinajstić information content (AvgIpc) is 2.99.